The Bertz CT molecular complexity index is 1750. The maximum Gasteiger partial charge on any atom is 0.185 e. The maximum atomic E-state index is 6.66. The first-order valence-electron chi connectivity index (χ1n) is 20.2. The molecule has 8 bridgehead atoms. The van der Waals surface area contributed by atoms with Crippen molar-refractivity contribution in [2.75, 3.05) is 52.6 Å². The molecule has 0 aliphatic heterocycles. The fourth-order valence-corrected chi connectivity index (χ4v) is 7.02. The van der Waals surface area contributed by atoms with Gasteiger partial charge in [0.25, 0.3) is 0 Å². The molecule has 0 saturated heterocycles. The van der Waals surface area contributed by atoms with E-state index in [2.05, 4.69) is 92.8 Å². The second-order valence-electron chi connectivity index (χ2n) is 14.4. The molecule has 0 aromatic heterocycles. The summed E-state index contributed by atoms with van der Waals surface area (Å²) in [6.07, 6.45) is 4.66. The predicted octanol–water partition coefficient (Wildman–Crippen LogP) is 2.53. The zero-order valence-electron chi connectivity index (χ0n) is 34.3. The highest BCUT2D eigenvalue weighted by molar-refractivity contribution is 5.76. The van der Waals surface area contributed by atoms with Crippen LogP contribution in [0.3, 0.4) is 0 Å². The Balaban J connectivity index is 1.64. The summed E-state index contributed by atoms with van der Waals surface area (Å²) in [6.45, 7) is 3.42. The monoisotopic (exact) mass is 820 g/mol. The molecule has 1 aliphatic carbocycles. The molecule has 0 heterocycles. The molecular weight excluding hydrogens is 761 g/mol. The molecule has 0 saturated carbocycles. The maximum absolute atomic E-state index is 6.66. The van der Waals surface area contributed by atoms with Gasteiger partial charge in [0.1, 0.15) is 23.0 Å². The lowest BCUT2D eigenvalue weighted by Crippen LogP contribution is -2.23. The lowest BCUT2D eigenvalue weighted by atomic mass is 9.91. The normalized spacial score (nSPS) is 11.7. The third-order valence-electron chi connectivity index (χ3n) is 9.61. The molecule has 0 spiro atoms. The van der Waals surface area contributed by atoms with E-state index >= 15 is 0 Å². The first-order valence-corrected chi connectivity index (χ1v) is 20.2. The van der Waals surface area contributed by atoms with Crippen LogP contribution in [0.5, 0.6) is 23.0 Å². The molecule has 0 atom stereocenters. The van der Waals surface area contributed by atoms with Crippen LogP contribution >= 0.6 is 0 Å². The van der Waals surface area contributed by atoms with Gasteiger partial charge in [0.05, 0.1) is 26.4 Å². The number of benzene rings is 4. The number of para-hydroxylation sites is 4. The molecule has 1 aliphatic rings. The van der Waals surface area contributed by atoms with Gasteiger partial charge in [-0.05, 0) is 44.5 Å². The van der Waals surface area contributed by atoms with Gasteiger partial charge in [0.2, 0.25) is 0 Å². The van der Waals surface area contributed by atoms with Crippen molar-refractivity contribution in [3.05, 3.63) is 117 Å². The first-order chi connectivity index (χ1) is 29.1. The van der Waals surface area contributed by atoms with Crippen LogP contribution in [-0.2, 0) is 25.7 Å². The molecule has 320 valence electrons. The molecule has 16 nitrogen and oxygen atoms in total. The molecule has 5 rings (SSSR count). The van der Waals surface area contributed by atoms with Crippen molar-refractivity contribution in [2.24, 2.45) is 65.8 Å². The largest absolute Gasteiger partial charge is 0.493 e. The molecular formula is C44H60N12O4. The second-order valence-corrected chi connectivity index (χ2v) is 14.4. The second kappa shape index (κ2) is 22.9. The molecule has 16 N–H and O–H groups in total. The van der Waals surface area contributed by atoms with Gasteiger partial charge in [-0.3, -0.25) is 20.0 Å². The number of hydrogen-bond acceptors (Lipinski definition) is 8. The third-order valence-corrected chi connectivity index (χ3v) is 9.61. The van der Waals surface area contributed by atoms with Gasteiger partial charge in [-0.2, -0.15) is 0 Å². The summed E-state index contributed by atoms with van der Waals surface area (Å²) in [5.41, 5.74) is 52.9. The Morgan fingerprint density at radius 2 is 0.517 bits per heavy atom. The Hall–Kier alpha value is -6.84. The van der Waals surface area contributed by atoms with Crippen molar-refractivity contribution in [3.8, 4) is 23.0 Å². The van der Waals surface area contributed by atoms with Crippen molar-refractivity contribution in [1.29, 1.82) is 0 Å². The van der Waals surface area contributed by atoms with E-state index in [0.717, 1.165) is 67.5 Å². The lowest BCUT2D eigenvalue weighted by molar-refractivity contribution is 0.301. The van der Waals surface area contributed by atoms with E-state index < -0.39 is 0 Å². The summed E-state index contributed by atoms with van der Waals surface area (Å²) in [5, 5.41) is 0. The van der Waals surface area contributed by atoms with Crippen molar-refractivity contribution < 1.29 is 18.9 Å². The highest BCUT2D eigenvalue weighted by atomic mass is 16.5. The molecule has 0 unspecified atom stereocenters. The van der Waals surface area contributed by atoms with E-state index in [4.69, 9.17) is 64.8 Å². The number of aliphatic imine (C=N–C) groups is 4. The number of rotatable bonds is 20. The number of ether oxygens (including phenoxy) is 4. The highest BCUT2D eigenvalue weighted by Gasteiger charge is 2.22. The molecule has 4 aromatic carbocycles. The number of fused-ring (bicyclic) bond motifs is 8. The smallest absolute Gasteiger partial charge is 0.185 e. The van der Waals surface area contributed by atoms with Crippen LogP contribution in [-0.4, -0.2) is 76.4 Å². The summed E-state index contributed by atoms with van der Waals surface area (Å²) in [4.78, 5) is 16.6. The summed E-state index contributed by atoms with van der Waals surface area (Å²) >= 11 is 0. The zero-order chi connectivity index (χ0) is 42.7. The third kappa shape index (κ3) is 13.6. The topological polar surface area (TPSA) is 295 Å². The van der Waals surface area contributed by atoms with Crippen LogP contribution in [0.2, 0.25) is 0 Å². The van der Waals surface area contributed by atoms with Crippen LogP contribution in [0, 0.1) is 0 Å². The van der Waals surface area contributed by atoms with Gasteiger partial charge in [-0.1, -0.05) is 72.8 Å². The minimum atomic E-state index is 0.0494. The Morgan fingerprint density at radius 1 is 0.333 bits per heavy atom. The molecule has 0 radical (unpaired) electrons. The zero-order valence-corrected chi connectivity index (χ0v) is 34.3. The molecule has 60 heavy (non-hydrogen) atoms. The summed E-state index contributed by atoms with van der Waals surface area (Å²) < 4.78 is 26.6. The van der Waals surface area contributed by atoms with E-state index in [1.807, 2.05) is 0 Å². The number of nitrogens with two attached hydrogens (primary N) is 8. The Labute approximate surface area is 352 Å². The Kier molecular flexibility index (Phi) is 16.9. The summed E-state index contributed by atoms with van der Waals surface area (Å²) in [5.74, 6) is 3.38. The number of nitrogens with zero attached hydrogens (tertiary/aromatic N) is 4. The minimum absolute atomic E-state index is 0.0494. The first kappa shape index (κ1) is 44.3. The van der Waals surface area contributed by atoms with E-state index in [1.165, 1.54) is 0 Å². The van der Waals surface area contributed by atoms with Crippen molar-refractivity contribution in [2.45, 2.75) is 51.4 Å². The molecule has 0 fully saturated rings. The van der Waals surface area contributed by atoms with Crippen LogP contribution in [0.1, 0.15) is 70.2 Å². The molecule has 0 amide bonds. The van der Waals surface area contributed by atoms with Crippen molar-refractivity contribution in [3.63, 3.8) is 0 Å². The van der Waals surface area contributed by atoms with Gasteiger partial charge in [-0.15, -0.1) is 0 Å². The van der Waals surface area contributed by atoms with E-state index in [0.29, 0.717) is 104 Å². The molecule has 4 aromatic rings. The van der Waals surface area contributed by atoms with Crippen molar-refractivity contribution >= 4 is 23.8 Å². The Morgan fingerprint density at radius 3 is 0.683 bits per heavy atom. The van der Waals surface area contributed by atoms with Gasteiger partial charge in [-0.25, -0.2) is 0 Å². The summed E-state index contributed by atoms with van der Waals surface area (Å²) in [7, 11) is 0. The summed E-state index contributed by atoms with van der Waals surface area (Å²) in [6, 6.07) is 25.1. The number of hydrogen-bond donors (Lipinski definition) is 8. The van der Waals surface area contributed by atoms with Gasteiger partial charge >= 0.3 is 0 Å². The SMILES string of the molecule is NC(N)=NCCCOc1c2cccc1Cc1cccc(c1OCCCN=C(N)N)Cc1cccc(c1OCCCN=C(N)N)Cc1cccc(c1OCCCN=C(N)N)C2. The van der Waals surface area contributed by atoms with Crippen LogP contribution < -0.4 is 64.8 Å². The van der Waals surface area contributed by atoms with E-state index in [-0.39, 0.29) is 23.8 Å². The number of guanidine groups is 4. The quantitative estimate of drug-likeness (QED) is 0.0319. The van der Waals surface area contributed by atoms with Gasteiger partial charge < -0.3 is 64.8 Å². The van der Waals surface area contributed by atoms with Gasteiger partial charge in [0.15, 0.2) is 23.8 Å². The van der Waals surface area contributed by atoms with E-state index in [1.54, 1.807) is 0 Å². The standard InChI is InChI=1S/C44H60N12O4/c45-41(46)53-17-5-21-57-37-29-9-1-10-30(37)26-32-12-3-14-34(39(32)59-23-7-19-55-43(49)50)28-36-16-4-15-35(40(36)60-24-8-20-56-44(51)52)27-33-13-2-11-31(25-29)38(33)58-22-6-18-54-42(47)48/h1-4,9-16H,5-8,17-28H2,(H4,45,46,53)(H4,47,48,54)(H4,49,50,55)(H4,51,52,56). The fraction of sp³-hybridized carbons (Fsp3) is 0.364. The molecule has 16 heteroatoms. The minimum Gasteiger partial charge on any atom is -0.493 e. The van der Waals surface area contributed by atoms with Crippen LogP contribution in [0.15, 0.2) is 92.8 Å². The predicted molar refractivity (Wildman–Crippen MR) is 240 cm³/mol. The fourth-order valence-electron chi connectivity index (χ4n) is 7.02. The van der Waals surface area contributed by atoms with E-state index in [9.17, 15) is 0 Å². The average Bonchev–Trinajstić information content (AvgIpc) is 3.20. The average molecular weight is 821 g/mol. The highest BCUT2D eigenvalue weighted by Crippen LogP contribution is 2.39. The lowest BCUT2D eigenvalue weighted by Gasteiger charge is -2.23. The van der Waals surface area contributed by atoms with Gasteiger partial charge in [0, 0.05) is 77.5 Å². The van der Waals surface area contributed by atoms with Crippen molar-refractivity contribution in [1.82, 2.24) is 0 Å². The van der Waals surface area contributed by atoms with Crippen LogP contribution in [0.25, 0.3) is 0 Å². The van der Waals surface area contributed by atoms with Crippen LogP contribution in [0.4, 0.5) is 0 Å².